The number of hydrogen-bond acceptors (Lipinski definition) is 4. The van der Waals surface area contributed by atoms with E-state index in [-0.39, 0.29) is 5.82 Å². The second kappa shape index (κ2) is 7.60. The van der Waals surface area contributed by atoms with Crippen LogP contribution in [0.1, 0.15) is 12.0 Å². The molecule has 0 aliphatic carbocycles. The first-order valence-electron chi connectivity index (χ1n) is 8.63. The van der Waals surface area contributed by atoms with Gasteiger partial charge in [0.1, 0.15) is 5.82 Å². The molecule has 0 bridgehead atoms. The summed E-state index contributed by atoms with van der Waals surface area (Å²) in [6, 6.07) is 16.8. The number of aryl methyl sites for hydroxylation is 1. The Morgan fingerprint density at radius 2 is 1.96 bits per heavy atom. The number of nitrogens with zero attached hydrogens (tertiary/aromatic N) is 3. The average molecular weight is 376 g/mol. The van der Waals surface area contributed by atoms with Crippen LogP contribution in [-0.2, 0) is 13.1 Å². The molecule has 0 aliphatic heterocycles. The lowest BCUT2D eigenvalue weighted by Gasteiger charge is -2.02. The normalized spacial score (nSPS) is 10.8. The molecule has 0 fully saturated rings. The monoisotopic (exact) mass is 376 g/mol. The molecule has 4 nitrogen and oxygen atoms in total. The highest BCUT2D eigenvalue weighted by Gasteiger charge is 2.13. The highest BCUT2D eigenvalue weighted by atomic mass is 32.1. The van der Waals surface area contributed by atoms with Crippen LogP contribution in [0.5, 0.6) is 0 Å². The largest absolute Gasteiger partial charge is 0.357 e. The van der Waals surface area contributed by atoms with Gasteiger partial charge < -0.3 is 9.88 Å². The summed E-state index contributed by atoms with van der Waals surface area (Å²) in [4.78, 5) is 4.71. The van der Waals surface area contributed by atoms with Crippen LogP contribution in [0.3, 0.4) is 0 Å². The Labute approximate surface area is 160 Å². The van der Waals surface area contributed by atoms with E-state index >= 15 is 0 Å². The summed E-state index contributed by atoms with van der Waals surface area (Å²) in [5.41, 5.74) is 4.08. The van der Waals surface area contributed by atoms with Gasteiger partial charge in [0.25, 0.3) is 0 Å². The van der Waals surface area contributed by atoms with Crippen molar-refractivity contribution in [1.29, 1.82) is 5.26 Å². The molecule has 0 unspecified atom stereocenters. The Morgan fingerprint density at radius 3 is 2.78 bits per heavy atom. The van der Waals surface area contributed by atoms with Crippen LogP contribution in [0.25, 0.3) is 22.2 Å². The maximum absolute atomic E-state index is 13.0. The first kappa shape index (κ1) is 17.3. The van der Waals surface area contributed by atoms with Gasteiger partial charge in [0.05, 0.1) is 18.2 Å². The average Bonchev–Trinajstić information content (AvgIpc) is 3.30. The van der Waals surface area contributed by atoms with Crippen molar-refractivity contribution < 1.29 is 4.39 Å². The van der Waals surface area contributed by atoms with E-state index < -0.39 is 0 Å². The SMILES string of the molecule is N#CCCn1cc(-c2csc(NCc3ccc(F)cc3)n2)c2ccccc21. The molecule has 2 aromatic heterocycles. The van der Waals surface area contributed by atoms with Crippen molar-refractivity contribution in [2.45, 2.75) is 19.5 Å². The molecule has 4 aromatic rings. The third-order valence-electron chi connectivity index (χ3n) is 4.39. The first-order valence-corrected chi connectivity index (χ1v) is 9.51. The van der Waals surface area contributed by atoms with Gasteiger partial charge in [0, 0.05) is 41.1 Å². The van der Waals surface area contributed by atoms with Crippen LogP contribution in [0.4, 0.5) is 9.52 Å². The number of hydrogen-bond donors (Lipinski definition) is 1. The Kier molecular flexibility index (Phi) is 4.86. The molecule has 4 rings (SSSR count). The number of halogens is 1. The highest BCUT2D eigenvalue weighted by molar-refractivity contribution is 7.14. The third kappa shape index (κ3) is 3.69. The fourth-order valence-electron chi connectivity index (χ4n) is 3.06. The Morgan fingerprint density at radius 1 is 1.15 bits per heavy atom. The van der Waals surface area contributed by atoms with Crippen LogP contribution in [-0.4, -0.2) is 9.55 Å². The Bertz CT molecular complexity index is 1110. The maximum atomic E-state index is 13.0. The third-order valence-corrected chi connectivity index (χ3v) is 5.19. The Hall–Kier alpha value is -3.17. The van der Waals surface area contributed by atoms with Crippen molar-refractivity contribution in [3.63, 3.8) is 0 Å². The minimum Gasteiger partial charge on any atom is -0.357 e. The summed E-state index contributed by atoms with van der Waals surface area (Å²) in [5.74, 6) is -0.233. The summed E-state index contributed by atoms with van der Waals surface area (Å²) >= 11 is 1.54. The predicted octanol–water partition coefficient (Wildman–Crippen LogP) is 5.43. The number of rotatable bonds is 6. The maximum Gasteiger partial charge on any atom is 0.183 e. The summed E-state index contributed by atoms with van der Waals surface area (Å²) in [6.45, 7) is 1.26. The van der Waals surface area contributed by atoms with Crippen LogP contribution in [0, 0.1) is 17.1 Å². The first-order chi connectivity index (χ1) is 13.2. The predicted molar refractivity (Wildman–Crippen MR) is 107 cm³/mol. The molecule has 0 aliphatic rings. The number of anilines is 1. The Balaban J connectivity index is 1.57. The summed E-state index contributed by atoms with van der Waals surface area (Å²) in [7, 11) is 0. The van der Waals surface area contributed by atoms with Crippen LogP contribution >= 0.6 is 11.3 Å². The molecule has 134 valence electrons. The number of nitrogens with one attached hydrogen (secondary N) is 1. The lowest BCUT2D eigenvalue weighted by Crippen LogP contribution is -1.98. The summed E-state index contributed by atoms with van der Waals surface area (Å²) in [6.07, 6.45) is 2.54. The van der Waals surface area contributed by atoms with Crippen LogP contribution < -0.4 is 5.32 Å². The number of para-hydroxylation sites is 1. The molecular formula is C21H17FN4S. The molecular weight excluding hydrogens is 359 g/mol. The molecule has 0 amide bonds. The van der Waals surface area contributed by atoms with Crippen LogP contribution in [0.15, 0.2) is 60.1 Å². The molecule has 0 spiro atoms. The van der Waals surface area contributed by atoms with Gasteiger partial charge in [-0.1, -0.05) is 30.3 Å². The van der Waals surface area contributed by atoms with E-state index in [1.165, 1.54) is 12.1 Å². The van der Waals surface area contributed by atoms with E-state index in [1.807, 2.05) is 17.5 Å². The minimum atomic E-state index is -0.233. The van der Waals surface area contributed by atoms with Gasteiger partial charge in [-0.05, 0) is 23.8 Å². The molecule has 0 saturated carbocycles. The standard InChI is InChI=1S/C21H17FN4S/c22-16-8-6-15(7-9-16)12-24-21-25-19(14-27-21)18-13-26(11-3-10-23)20-5-2-1-4-17(18)20/h1-2,4-9,13-14H,3,11-12H2,(H,24,25). The zero-order valence-corrected chi connectivity index (χ0v) is 15.3. The van der Waals surface area contributed by atoms with Gasteiger partial charge in [-0.15, -0.1) is 11.3 Å². The number of thiazole rings is 1. The summed E-state index contributed by atoms with van der Waals surface area (Å²) in [5, 5.41) is 16.2. The number of nitriles is 1. The van der Waals surface area contributed by atoms with Gasteiger partial charge in [-0.25, -0.2) is 9.37 Å². The fourth-order valence-corrected chi connectivity index (χ4v) is 3.77. The molecule has 1 N–H and O–H groups in total. The molecule has 27 heavy (non-hydrogen) atoms. The zero-order chi connectivity index (χ0) is 18.6. The molecule has 6 heteroatoms. The topological polar surface area (TPSA) is 53.6 Å². The van der Waals surface area contributed by atoms with E-state index in [1.54, 1.807) is 23.5 Å². The minimum absolute atomic E-state index is 0.233. The van der Waals surface area contributed by atoms with Crippen molar-refractivity contribution in [2.75, 3.05) is 5.32 Å². The molecule has 0 atom stereocenters. The lowest BCUT2D eigenvalue weighted by atomic mass is 10.1. The van der Waals surface area contributed by atoms with Crippen molar-refractivity contribution in [2.24, 2.45) is 0 Å². The van der Waals surface area contributed by atoms with Crippen molar-refractivity contribution >= 4 is 27.4 Å². The van der Waals surface area contributed by atoms with Crippen molar-refractivity contribution in [1.82, 2.24) is 9.55 Å². The lowest BCUT2D eigenvalue weighted by molar-refractivity contribution is 0.627. The van der Waals surface area contributed by atoms with E-state index in [4.69, 9.17) is 10.2 Å². The van der Waals surface area contributed by atoms with Gasteiger partial charge in [0.15, 0.2) is 5.13 Å². The van der Waals surface area contributed by atoms with Crippen molar-refractivity contribution in [3.05, 3.63) is 71.5 Å². The summed E-state index contributed by atoms with van der Waals surface area (Å²) < 4.78 is 15.1. The van der Waals surface area contributed by atoms with Gasteiger partial charge in [-0.2, -0.15) is 5.26 Å². The molecule has 2 aromatic carbocycles. The molecule has 2 heterocycles. The van der Waals surface area contributed by atoms with Gasteiger partial charge >= 0.3 is 0 Å². The number of aromatic nitrogens is 2. The smallest absolute Gasteiger partial charge is 0.183 e. The molecule has 0 radical (unpaired) electrons. The zero-order valence-electron chi connectivity index (χ0n) is 14.5. The quantitative estimate of drug-likeness (QED) is 0.488. The number of fused-ring (bicyclic) bond motifs is 1. The van der Waals surface area contributed by atoms with Crippen molar-refractivity contribution in [3.8, 4) is 17.3 Å². The van der Waals surface area contributed by atoms with E-state index in [0.29, 0.717) is 19.5 Å². The van der Waals surface area contributed by atoms with E-state index in [0.717, 1.165) is 32.9 Å². The number of benzene rings is 2. The highest BCUT2D eigenvalue weighted by Crippen LogP contribution is 2.33. The van der Waals surface area contributed by atoms with Gasteiger partial charge in [-0.3, -0.25) is 0 Å². The van der Waals surface area contributed by atoms with Crippen LogP contribution in [0.2, 0.25) is 0 Å². The fraction of sp³-hybridized carbons (Fsp3) is 0.143. The molecule has 0 saturated heterocycles. The second-order valence-corrected chi connectivity index (χ2v) is 7.04. The van der Waals surface area contributed by atoms with E-state index in [9.17, 15) is 4.39 Å². The second-order valence-electron chi connectivity index (χ2n) is 6.18. The van der Waals surface area contributed by atoms with E-state index in [2.05, 4.69) is 34.3 Å². The van der Waals surface area contributed by atoms with Gasteiger partial charge in [0.2, 0.25) is 0 Å².